The SMILES string of the molecule is C[C@H](Oc1ccc(Cl)cc1Cl)C(=O)N[C@H]1CCOc2ccccc21. The molecule has 0 aliphatic carbocycles. The minimum absolute atomic E-state index is 0.0887. The number of hydrogen-bond donors (Lipinski definition) is 1. The zero-order valence-corrected chi connectivity index (χ0v) is 14.6. The van der Waals surface area contributed by atoms with E-state index in [4.69, 9.17) is 32.7 Å². The van der Waals surface area contributed by atoms with Gasteiger partial charge in [0.05, 0.1) is 17.7 Å². The van der Waals surface area contributed by atoms with Crippen molar-refractivity contribution in [1.82, 2.24) is 5.32 Å². The minimum atomic E-state index is -0.682. The van der Waals surface area contributed by atoms with Crippen LogP contribution in [-0.4, -0.2) is 18.6 Å². The minimum Gasteiger partial charge on any atom is -0.493 e. The normalized spacial score (nSPS) is 17.4. The molecule has 1 aliphatic rings. The third-order valence-electron chi connectivity index (χ3n) is 3.84. The highest BCUT2D eigenvalue weighted by Crippen LogP contribution is 2.32. The van der Waals surface area contributed by atoms with Crippen molar-refractivity contribution in [2.24, 2.45) is 0 Å². The second kappa shape index (κ2) is 7.32. The molecule has 2 aromatic carbocycles. The maximum atomic E-state index is 12.5. The molecule has 2 atom stereocenters. The summed E-state index contributed by atoms with van der Waals surface area (Å²) in [5, 5.41) is 3.90. The van der Waals surface area contributed by atoms with Crippen LogP contribution in [0.2, 0.25) is 10.0 Å². The molecule has 0 spiro atoms. The Bertz CT molecular complexity index is 751. The Morgan fingerprint density at radius 3 is 2.88 bits per heavy atom. The summed E-state index contributed by atoms with van der Waals surface area (Å²) < 4.78 is 11.3. The molecule has 0 saturated heterocycles. The molecule has 126 valence electrons. The third-order valence-corrected chi connectivity index (χ3v) is 4.37. The lowest BCUT2D eigenvalue weighted by Crippen LogP contribution is -2.40. The van der Waals surface area contributed by atoms with Crippen molar-refractivity contribution in [3.05, 3.63) is 58.1 Å². The Hall–Kier alpha value is -1.91. The van der Waals surface area contributed by atoms with Crippen molar-refractivity contribution in [1.29, 1.82) is 0 Å². The summed E-state index contributed by atoms with van der Waals surface area (Å²) in [6, 6.07) is 12.5. The van der Waals surface area contributed by atoms with Crippen LogP contribution >= 0.6 is 23.2 Å². The molecule has 1 heterocycles. The number of benzene rings is 2. The van der Waals surface area contributed by atoms with Crippen LogP contribution in [0.15, 0.2) is 42.5 Å². The molecule has 0 saturated carbocycles. The molecule has 0 fully saturated rings. The summed E-state index contributed by atoms with van der Waals surface area (Å²) in [5.41, 5.74) is 0.980. The standard InChI is InChI=1S/C18H17Cl2NO3/c1-11(24-17-7-6-12(19)10-14(17)20)18(22)21-15-8-9-23-16-5-3-2-4-13(15)16/h2-7,10-11,15H,8-9H2,1H3,(H,21,22)/t11-,15-/m0/s1. The number of halogens is 2. The average Bonchev–Trinajstić information content (AvgIpc) is 2.57. The van der Waals surface area contributed by atoms with Gasteiger partial charge in [-0.3, -0.25) is 4.79 Å². The van der Waals surface area contributed by atoms with Crippen molar-refractivity contribution in [3.63, 3.8) is 0 Å². The highest BCUT2D eigenvalue weighted by Gasteiger charge is 2.25. The molecular formula is C18H17Cl2NO3. The number of amides is 1. The lowest BCUT2D eigenvalue weighted by atomic mass is 10.0. The first-order valence-electron chi connectivity index (χ1n) is 7.68. The van der Waals surface area contributed by atoms with Crippen molar-refractivity contribution in [2.75, 3.05) is 6.61 Å². The monoisotopic (exact) mass is 365 g/mol. The molecular weight excluding hydrogens is 349 g/mol. The second-order valence-electron chi connectivity index (χ2n) is 5.57. The number of ether oxygens (including phenoxy) is 2. The molecule has 1 aliphatic heterocycles. The molecule has 0 unspecified atom stereocenters. The number of hydrogen-bond acceptors (Lipinski definition) is 3. The summed E-state index contributed by atoms with van der Waals surface area (Å²) in [5.74, 6) is 1.03. The smallest absolute Gasteiger partial charge is 0.261 e. The highest BCUT2D eigenvalue weighted by atomic mass is 35.5. The number of carbonyl (C=O) groups is 1. The van der Waals surface area contributed by atoms with Crippen LogP contribution < -0.4 is 14.8 Å². The van der Waals surface area contributed by atoms with Crippen LogP contribution in [0.1, 0.15) is 24.9 Å². The molecule has 3 rings (SSSR count). The van der Waals surface area contributed by atoms with E-state index in [0.717, 1.165) is 17.7 Å². The molecule has 0 bridgehead atoms. The molecule has 1 N–H and O–H groups in total. The molecule has 1 amide bonds. The van der Waals surface area contributed by atoms with E-state index in [9.17, 15) is 4.79 Å². The van der Waals surface area contributed by atoms with Crippen LogP contribution in [0.25, 0.3) is 0 Å². The lowest BCUT2D eigenvalue weighted by Gasteiger charge is -2.27. The average molecular weight is 366 g/mol. The zero-order valence-electron chi connectivity index (χ0n) is 13.1. The van der Waals surface area contributed by atoms with Gasteiger partial charge in [-0.25, -0.2) is 0 Å². The number of fused-ring (bicyclic) bond motifs is 1. The van der Waals surface area contributed by atoms with Gasteiger partial charge in [0.15, 0.2) is 6.10 Å². The van der Waals surface area contributed by atoms with Crippen LogP contribution in [0.5, 0.6) is 11.5 Å². The van der Waals surface area contributed by atoms with Crippen molar-refractivity contribution in [3.8, 4) is 11.5 Å². The predicted molar refractivity (Wildman–Crippen MR) is 94.0 cm³/mol. The van der Waals surface area contributed by atoms with Gasteiger partial charge in [-0.05, 0) is 31.2 Å². The quantitative estimate of drug-likeness (QED) is 0.873. The number of rotatable bonds is 4. The van der Waals surface area contributed by atoms with Gasteiger partial charge in [0.1, 0.15) is 11.5 Å². The third kappa shape index (κ3) is 3.77. The van der Waals surface area contributed by atoms with Crippen molar-refractivity contribution < 1.29 is 14.3 Å². The fraction of sp³-hybridized carbons (Fsp3) is 0.278. The number of carbonyl (C=O) groups excluding carboxylic acids is 1. The van der Waals surface area contributed by atoms with E-state index in [1.807, 2.05) is 24.3 Å². The van der Waals surface area contributed by atoms with Crippen LogP contribution in [0.3, 0.4) is 0 Å². The van der Waals surface area contributed by atoms with Gasteiger partial charge in [0.25, 0.3) is 5.91 Å². The first-order valence-corrected chi connectivity index (χ1v) is 8.44. The predicted octanol–water partition coefficient (Wildman–Crippen LogP) is 4.40. The highest BCUT2D eigenvalue weighted by molar-refractivity contribution is 6.35. The molecule has 4 nitrogen and oxygen atoms in total. The van der Waals surface area contributed by atoms with Gasteiger partial charge < -0.3 is 14.8 Å². The van der Waals surface area contributed by atoms with E-state index in [0.29, 0.717) is 22.4 Å². The summed E-state index contributed by atoms with van der Waals surface area (Å²) in [6.45, 7) is 2.26. The molecule has 24 heavy (non-hydrogen) atoms. The van der Waals surface area contributed by atoms with Gasteiger partial charge in [-0.15, -0.1) is 0 Å². The second-order valence-corrected chi connectivity index (χ2v) is 6.41. The molecule has 0 radical (unpaired) electrons. The summed E-state index contributed by atoms with van der Waals surface area (Å²) in [4.78, 5) is 12.5. The Labute approximate surface area is 150 Å². The Balaban J connectivity index is 1.67. The van der Waals surface area contributed by atoms with E-state index in [1.54, 1.807) is 25.1 Å². The van der Waals surface area contributed by atoms with E-state index >= 15 is 0 Å². The fourth-order valence-corrected chi connectivity index (χ4v) is 3.05. The number of nitrogens with one attached hydrogen (secondary N) is 1. The molecule has 6 heteroatoms. The maximum absolute atomic E-state index is 12.5. The van der Waals surface area contributed by atoms with Gasteiger partial charge in [-0.2, -0.15) is 0 Å². The van der Waals surface area contributed by atoms with E-state index in [1.165, 1.54) is 0 Å². The fourth-order valence-electron chi connectivity index (χ4n) is 2.60. The zero-order chi connectivity index (χ0) is 17.1. The Morgan fingerprint density at radius 2 is 2.08 bits per heavy atom. The van der Waals surface area contributed by atoms with E-state index in [-0.39, 0.29) is 11.9 Å². The lowest BCUT2D eigenvalue weighted by molar-refractivity contribution is -0.128. The topological polar surface area (TPSA) is 47.6 Å². The summed E-state index contributed by atoms with van der Waals surface area (Å²) in [7, 11) is 0. The Morgan fingerprint density at radius 1 is 1.29 bits per heavy atom. The van der Waals surface area contributed by atoms with Crippen LogP contribution in [-0.2, 0) is 4.79 Å². The van der Waals surface area contributed by atoms with Crippen molar-refractivity contribution >= 4 is 29.1 Å². The van der Waals surface area contributed by atoms with Gasteiger partial charge >= 0.3 is 0 Å². The summed E-state index contributed by atoms with van der Waals surface area (Å²) >= 11 is 11.9. The van der Waals surface area contributed by atoms with Gasteiger partial charge in [-0.1, -0.05) is 41.4 Å². The number of para-hydroxylation sites is 1. The first kappa shape index (κ1) is 16.9. The molecule has 2 aromatic rings. The maximum Gasteiger partial charge on any atom is 0.261 e. The Kier molecular flexibility index (Phi) is 5.17. The first-order chi connectivity index (χ1) is 11.5. The van der Waals surface area contributed by atoms with Gasteiger partial charge in [0, 0.05) is 17.0 Å². The molecule has 0 aromatic heterocycles. The van der Waals surface area contributed by atoms with Crippen LogP contribution in [0.4, 0.5) is 0 Å². The van der Waals surface area contributed by atoms with Gasteiger partial charge in [0.2, 0.25) is 0 Å². The van der Waals surface area contributed by atoms with E-state index < -0.39 is 6.10 Å². The largest absolute Gasteiger partial charge is 0.493 e. The van der Waals surface area contributed by atoms with E-state index in [2.05, 4.69) is 5.32 Å². The van der Waals surface area contributed by atoms with Crippen molar-refractivity contribution in [2.45, 2.75) is 25.5 Å². The summed E-state index contributed by atoms with van der Waals surface area (Å²) in [6.07, 6.45) is 0.0376. The van der Waals surface area contributed by atoms with Crippen LogP contribution in [0, 0.1) is 0 Å².